The van der Waals surface area contributed by atoms with Crippen LogP contribution < -0.4 is 10.1 Å². The fourth-order valence-electron chi connectivity index (χ4n) is 2.47. The minimum atomic E-state index is -1.18. The summed E-state index contributed by atoms with van der Waals surface area (Å²) in [6.07, 6.45) is 1.47. The van der Waals surface area contributed by atoms with E-state index in [9.17, 15) is 14.7 Å². The van der Waals surface area contributed by atoms with Crippen molar-refractivity contribution in [3.8, 4) is 5.75 Å². The Morgan fingerprint density at radius 2 is 1.72 bits per heavy atom. The van der Waals surface area contributed by atoms with Gasteiger partial charge in [0.15, 0.2) is 0 Å². The van der Waals surface area contributed by atoms with Gasteiger partial charge in [-0.1, -0.05) is 30.3 Å². The third kappa shape index (κ3) is 5.21. The summed E-state index contributed by atoms with van der Waals surface area (Å²) in [6.45, 7) is 5.49. The largest absolute Gasteiger partial charge is 0.489 e. The lowest BCUT2D eigenvalue weighted by molar-refractivity contribution is -0.134. The van der Waals surface area contributed by atoms with Gasteiger partial charge in [0.2, 0.25) is 5.91 Å². The molecule has 0 aliphatic carbocycles. The average Bonchev–Trinajstić information content (AvgIpc) is 2.55. The second-order valence-electron chi connectivity index (χ2n) is 5.79. The molecule has 0 aliphatic heterocycles. The Balaban J connectivity index is 2.24. The molecule has 0 aromatic heterocycles. The van der Waals surface area contributed by atoms with Crippen LogP contribution in [0.5, 0.6) is 5.75 Å². The van der Waals surface area contributed by atoms with Gasteiger partial charge in [-0.25, -0.2) is 4.79 Å². The maximum absolute atomic E-state index is 11.3. The maximum Gasteiger partial charge on any atom is 0.352 e. The highest BCUT2D eigenvalue weighted by Crippen LogP contribution is 2.24. The summed E-state index contributed by atoms with van der Waals surface area (Å²) in [4.78, 5) is 22.4. The van der Waals surface area contributed by atoms with Gasteiger partial charge in [0.1, 0.15) is 18.1 Å². The van der Waals surface area contributed by atoms with Gasteiger partial charge in [0.25, 0.3) is 0 Å². The number of ether oxygens (including phenoxy) is 1. The molecule has 0 radical (unpaired) electrons. The number of benzene rings is 2. The van der Waals surface area contributed by atoms with Crippen LogP contribution in [0.15, 0.2) is 48.2 Å². The Morgan fingerprint density at radius 3 is 2.24 bits per heavy atom. The van der Waals surface area contributed by atoms with Crippen molar-refractivity contribution < 1.29 is 19.4 Å². The van der Waals surface area contributed by atoms with Crippen LogP contribution in [0.25, 0.3) is 6.08 Å². The standard InChI is InChI=1S/C20H21NO4/c1-13-9-17(25-12-16-7-5-4-6-8-16)10-14(2)18(13)11-19(20(23)24)21-15(3)22/h4-11H,12H2,1-3H3,(H,21,22)(H,23,24)/b19-11-. The smallest absolute Gasteiger partial charge is 0.352 e. The third-order valence-electron chi connectivity index (χ3n) is 3.65. The van der Waals surface area contributed by atoms with Crippen molar-refractivity contribution in [2.75, 3.05) is 0 Å². The molecule has 0 saturated heterocycles. The third-order valence-corrected chi connectivity index (χ3v) is 3.65. The van der Waals surface area contributed by atoms with Gasteiger partial charge >= 0.3 is 5.97 Å². The minimum Gasteiger partial charge on any atom is -0.489 e. The molecule has 0 saturated carbocycles. The van der Waals surface area contributed by atoms with E-state index in [1.54, 1.807) is 0 Å². The molecule has 5 nitrogen and oxygen atoms in total. The highest BCUT2D eigenvalue weighted by molar-refractivity contribution is 5.96. The predicted octanol–water partition coefficient (Wildman–Crippen LogP) is 3.44. The molecule has 130 valence electrons. The van der Waals surface area contributed by atoms with E-state index >= 15 is 0 Å². The van der Waals surface area contributed by atoms with E-state index < -0.39 is 11.9 Å². The number of aliphatic carboxylic acids is 1. The van der Waals surface area contributed by atoms with E-state index in [1.165, 1.54) is 13.0 Å². The van der Waals surface area contributed by atoms with Gasteiger partial charge in [-0.05, 0) is 54.3 Å². The van der Waals surface area contributed by atoms with E-state index in [2.05, 4.69) is 5.32 Å². The summed E-state index contributed by atoms with van der Waals surface area (Å²) < 4.78 is 5.82. The Labute approximate surface area is 146 Å². The molecule has 2 aromatic carbocycles. The van der Waals surface area contributed by atoms with Gasteiger partial charge in [-0.15, -0.1) is 0 Å². The first-order valence-electron chi connectivity index (χ1n) is 7.87. The number of carbonyl (C=O) groups is 2. The number of hydrogen-bond donors (Lipinski definition) is 2. The predicted molar refractivity (Wildman–Crippen MR) is 96.1 cm³/mol. The molecule has 1 amide bonds. The first kappa shape index (κ1) is 18.3. The van der Waals surface area contributed by atoms with Crippen molar-refractivity contribution in [2.24, 2.45) is 0 Å². The van der Waals surface area contributed by atoms with Crippen molar-refractivity contribution >= 4 is 18.0 Å². The van der Waals surface area contributed by atoms with Crippen molar-refractivity contribution in [3.05, 3.63) is 70.4 Å². The molecule has 0 unspecified atom stereocenters. The summed E-state index contributed by atoms with van der Waals surface area (Å²) >= 11 is 0. The van der Waals surface area contributed by atoms with E-state index in [0.29, 0.717) is 12.4 Å². The molecule has 0 fully saturated rings. The van der Waals surface area contributed by atoms with Gasteiger partial charge in [-0.2, -0.15) is 0 Å². The van der Waals surface area contributed by atoms with Gasteiger partial charge in [0, 0.05) is 6.92 Å². The molecule has 2 aromatic rings. The molecule has 0 heterocycles. The minimum absolute atomic E-state index is 0.156. The topological polar surface area (TPSA) is 75.6 Å². The first-order valence-corrected chi connectivity index (χ1v) is 7.87. The fraction of sp³-hybridized carbons (Fsp3) is 0.200. The van der Waals surface area contributed by atoms with Crippen LogP contribution in [-0.4, -0.2) is 17.0 Å². The Morgan fingerprint density at radius 1 is 1.12 bits per heavy atom. The van der Waals surface area contributed by atoms with Crippen LogP contribution in [-0.2, 0) is 16.2 Å². The van der Waals surface area contributed by atoms with E-state index in [-0.39, 0.29) is 5.70 Å². The summed E-state index contributed by atoms with van der Waals surface area (Å²) in [5.74, 6) is -0.891. The van der Waals surface area contributed by atoms with Gasteiger partial charge < -0.3 is 15.2 Å². The van der Waals surface area contributed by atoms with Gasteiger partial charge in [-0.3, -0.25) is 4.79 Å². The monoisotopic (exact) mass is 339 g/mol. The summed E-state index contributed by atoms with van der Waals surface area (Å²) in [6, 6.07) is 13.6. The van der Waals surface area contributed by atoms with Crippen molar-refractivity contribution in [2.45, 2.75) is 27.4 Å². The molecule has 5 heteroatoms. The average molecular weight is 339 g/mol. The van der Waals surface area contributed by atoms with E-state index in [0.717, 1.165) is 22.3 Å². The zero-order chi connectivity index (χ0) is 18.4. The summed E-state index contributed by atoms with van der Waals surface area (Å²) in [7, 11) is 0. The molecule has 0 atom stereocenters. The molecule has 2 rings (SSSR count). The molecule has 0 bridgehead atoms. The van der Waals surface area contributed by atoms with Crippen molar-refractivity contribution in [1.29, 1.82) is 0 Å². The van der Waals surface area contributed by atoms with Crippen LogP contribution in [0, 0.1) is 13.8 Å². The zero-order valence-corrected chi connectivity index (χ0v) is 14.5. The van der Waals surface area contributed by atoms with Crippen molar-refractivity contribution in [3.63, 3.8) is 0 Å². The second-order valence-corrected chi connectivity index (χ2v) is 5.79. The Hall–Kier alpha value is -3.08. The Kier molecular flexibility index (Phi) is 5.95. The van der Waals surface area contributed by atoms with Gasteiger partial charge in [0.05, 0.1) is 0 Å². The van der Waals surface area contributed by atoms with E-state index in [4.69, 9.17) is 4.74 Å². The first-order chi connectivity index (χ1) is 11.9. The number of carboxylic acids is 1. The Bertz CT molecular complexity index is 787. The molecular formula is C20H21NO4. The number of aryl methyl sites for hydroxylation is 2. The quantitative estimate of drug-likeness (QED) is 0.791. The van der Waals surface area contributed by atoms with Crippen LogP contribution in [0.1, 0.15) is 29.2 Å². The van der Waals surface area contributed by atoms with Crippen LogP contribution in [0.3, 0.4) is 0 Å². The molecule has 2 N–H and O–H groups in total. The highest BCUT2D eigenvalue weighted by atomic mass is 16.5. The molecule has 0 spiro atoms. The lowest BCUT2D eigenvalue weighted by Gasteiger charge is -2.12. The second kappa shape index (κ2) is 8.15. The van der Waals surface area contributed by atoms with Crippen molar-refractivity contribution in [1.82, 2.24) is 5.32 Å². The molecule has 25 heavy (non-hydrogen) atoms. The lowest BCUT2D eigenvalue weighted by Crippen LogP contribution is -2.24. The summed E-state index contributed by atoms with van der Waals surface area (Å²) in [5, 5.41) is 11.6. The van der Waals surface area contributed by atoms with Crippen LogP contribution in [0.2, 0.25) is 0 Å². The SMILES string of the molecule is CC(=O)N/C(=C\c1c(C)cc(OCc2ccccc2)cc1C)C(=O)O. The highest BCUT2D eigenvalue weighted by Gasteiger charge is 2.12. The number of amides is 1. The fourth-order valence-corrected chi connectivity index (χ4v) is 2.47. The van der Waals surface area contributed by atoms with E-state index in [1.807, 2.05) is 56.3 Å². The maximum atomic E-state index is 11.3. The lowest BCUT2D eigenvalue weighted by atomic mass is 10.0. The number of rotatable bonds is 6. The molecule has 0 aliphatic rings. The number of hydrogen-bond acceptors (Lipinski definition) is 3. The number of carbonyl (C=O) groups excluding carboxylic acids is 1. The zero-order valence-electron chi connectivity index (χ0n) is 14.5. The number of carboxylic acid groups (broad SMARTS) is 1. The molecular weight excluding hydrogens is 318 g/mol. The van der Waals surface area contributed by atoms with Crippen LogP contribution in [0.4, 0.5) is 0 Å². The normalized spacial score (nSPS) is 11.1. The number of nitrogens with one attached hydrogen (secondary N) is 1. The summed E-state index contributed by atoms with van der Waals surface area (Å²) in [5.41, 5.74) is 3.40. The van der Waals surface area contributed by atoms with Crippen LogP contribution >= 0.6 is 0 Å².